The Labute approximate surface area is 151 Å². The fourth-order valence-corrected chi connectivity index (χ4v) is 3.94. The number of piperidine rings is 1. The second-order valence-corrected chi connectivity index (χ2v) is 7.76. The van der Waals surface area contributed by atoms with Gasteiger partial charge in [-0.1, -0.05) is 44.0 Å². The molecule has 1 saturated heterocycles. The van der Waals surface area contributed by atoms with Crippen molar-refractivity contribution in [1.82, 2.24) is 10.6 Å². The molecule has 1 aliphatic heterocycles. The predicted octanol–water partition coefficient (Wildman–Crippen LogP) is 3.40. The van der Waals surface area contributed by atoms with E-state index in [9.17, 15) is 4.79 Å². The minimum atomic E-state index is 0.210. The lowest BCUT2D eigenvalue weighted by Gasteiger charge is -2.25. The van der Waals surface area contributed by atoms with Crippen LogP contribution in [0.25, 0.3) is 0 Å². The highest BCUT2D eigenvalue weighted by molar-refractivity contribution is 5.78. The zero-order chi connectivity index (χ0) is 17.5. The first-order valence-electron chi connectivity index (χ1n) is 9.88. The third-order valence-electron chi connectivity index (χ3n) is 5.57. The molecule has 25 heavy (non-hydrogen) atoms. The molecule has 2 unspecified atom stereocenters. The largest absolute Gasteiger partial charge is 0.373 e. The Balaban J connectivity index is 1.40. The molecule has 138 valence electrons. The summed E-state index contributed by atoms with van der Waals surface area (Å²) in [5.74, 6) is 1.12. The number of hydrogen-bond acceptors (Lipinski definition) is 3. The van der Waals surface area contributed by atoms with E-state index in [-0.39, 0.29) is 11.8 Å². The molecule has 2 aliphatic rings. The van der Waals surface area contributed by atoms with Gasteiger partial charge in [-0.25, -0.2) is 0 Å². The molecule has 1 aromatic carbocycles. The number of benzene rings is 1. The van der Waals surface area contributed by atoms with Gasteiger partial charge in [0.15, 0.2) is 0 Å². The summed E-state index contributed by atoms with van der Waals surface area (Å²) in [6.07, 6.45) is 7.13. The van der Waals surface area contributed by atoms with Crippen LogP contribution in [0.1, 0.15) is 56.6 Å². The van der Waals surface area contributed by atoms with Crippen molar-refractivity contribution in [2.24, 2.45) is 11.8 Å². The van der Waals surface area contributed by atoms with E-state index >= 15 is 0 Å². The molecular formula is C21H32N2O2. The summed E-state index contributed by atoms with van der Waals surface area (Å²) in [4.78, 5) is 12.3. The monoisotopic (exact) mass is 344 g/mol. The van der Waals surface area contributed by atoms with Crippen molar-refractivity contribution < 1.29 is 9.53 Å². The summed E-state index contributed by atoms with van der Waals surface area (Å²) in [6.45, 7) is 5.67. The molecule has 1 heterocycles. The van der Waals surface area contributed by atoms with Crippen molar-refractivity contribution in [2.45, 2.75) is 64.7 Å². The first-order valence-corrected chi connectivity index (χ1v) is 9.88. The zero-order valence-electron chi connectivity index (χ0n) is 15.4. The minimum Gasteiger partial charge on any atom is -0.373 e. The number of nitrogens with one attached hydrogen (secondary N) is 2. The molecule has 2 N–H and O–H groups in total. The van der Waals surface area contributed by atoms with Crippen LogP contribution in [0.15, 0.2) is 24.3 Å². The number of hydrogen-bond donors (Lipinski definition) is 2. The van der Waals surface area contributed by atoms with Gasteiger partial charge in [-0.05, 0) is 55.8 Å². The molecule has 2 atom stereocenters. The molecule has 1 saturated carbocycles. The van der Waals surface area contributed by atoms with E-state index in [4.69, 9.17) is 4.74 Å². The molecule has 4 nitrogen and oxygen atoms in total. The summed E-state index contributed by atoms with van der Waals surface area (Å²) in [7, 11) is 0. The van der Waals surface area contributed by atoms with E-state index in [0.717, 1.165) is 44.3 Å². The van der Waals surface area contributed by atoms with Gasteiger partial charge in [-0.2, -0.15) is 0 Å². The van der Waals surface area contributed by atoms with Gasteiger partial charge >= 0.3 is 0 Å². The van der Waals surface area contributed by atoms with Gasteiger partial charge in [0.1, 0.15) is 0 Å². The normalized spacial score (nSPS) is 24.8. The van der Waals surface area contributed by atoms with Gasteiger partial charge in [-0.3, -0.25) is 4.79 Å². The number of carbonyl (C=O) groups is 1. The summed E-state index contributed by atoms with van der Waals surface area (Å²) in [6, 6.07) is 8.44. The highest BCUT2D eigenvalue weighted by Gasteiger charge is 2.24. The number of amides is 1. The average molecular weight is 344 g/mol. The van der Waals surface area contributed by atoms with Crippen molar-refractivity contribution in [2.75, 3.05) is 13.1 Å². The van der Waals surface area contributed by atoms with Gasteiger partial charge in [-0.15, -0.1) is 0 Å². The fraction of sp³-hybridized carbons (Fsp3) is 0.667. The van der Waals surface area contributed by atoms with Crippen LogP contribution < -0.4 is 10.6 Å². The van der Waals surface area contributed by atoms with Crippen molar-refractivity contribution in [3.05, 3.63) is 35.4 Å². The lowest BCUT2D eigenvalue weighted by atomic mass is 9.82. The molecule has 3 rings (SSSR count). The fourth-order valence-electron chi connectivity index (χ4n) is 3.94. The Hall–Kier alpha value is -1.39. The number of ether oxygens (including phenoxy) is 1. The van der Waals surface area contributed by atoms with Crippen LogP contribution in [0.5, 0.6) is 0 Å². The average Bonchev–Trinajstić information content (AvgIpc) is 2.66. The lowest BCUT2D eigenvalue weighted by molar-refractivity contribution is -0.126. The molecule has 1 aromatic rings. The van der Waals surface area contributed by atoms with Gasteiger partial charge in [0.2, 0.25) is 5.91 Å². The molecule has 0 bridgehead atoms. The second kappa shape index (κ2) is 9.35. The summed E-state index contributed by atoms with van der Waals surface area (Å²) in [5, 5.41) is 6.47. The Bertz CT molecular complexity index is 537. The summed E-state index contributed by atoms with van der Waals surface area (Å²) >= 11 is 0. The Morgan fingerprint density at radius 2 is 1.84 bits per heavy atom. The van der Waals surface area contributed by atoms with Crippen LogP contribution in [-0.4, -0.2) is 25.1 Å². The highest BCUT2D eigenvalue weighted by Crippen LogP contribution is 2.28. The van der Waals surface area contributed by atoms with Crippen LogP contribution >= 0.6 is 0 Å². The standard InChI is InChI=1S/C21H32N2O2/c1-16-3-2-4-19(13-16)21(24)23-14-17-5-7-18(8-6-17)15-25-20-9-11-22-12-10-20/h5-8,16,19-20,22H,2-4,9-15H2,1H3,(H,23,24). The molecule has 0 aromatic heterocycles. The van der Waals surface area contributed by atoms with E-state index < -0.39 is 0 Å². The highest BCUT2D eigenvalue weighted by atomic mass is 16.5. The van der Waals surface area contributed by atoms with E-state index in [1.54, 1.807) is 0 Å². The first-order chi connectivity index (χ1) is 12.2. The topological polar surface area (TPSA) is 50.4 Å². The van der Waals surface area contributed by atoms with Crippen molar-refractivity contribution in [1.29, 1.82) is 0 Å². The molecular weight excluding hydrogens is 312 g/mol. The maximum absolute atomic E-state index is 12.3. The summed E-state index contributed by atoms with van der Waals surface area (Å²) in [5.41, 5.74) is 2.36. The number of carbonyl (C=O) groups excluding carboxylic acids is 1. The molecule has 1 aliphatic carbocycles. The summed E-state index contributed by atoms with van der Waals surface area (Å²) < 4.78 is 5.99. The first kappa shape index (κ1) is 18.4. The molecule has 0 spiro atoms. The van der Waals surface area contributed by atoms with Crippen LogP contribution in [0.3, 0.4) is 0 Å². The van der Waals surface area contributed by atoms with Crippen LogP contribution in [0.4, 0.5) is 0 Å². The SMILES string of the molecule is CC1CCCC(C(=O)NCc2ccc(COC3CCNCC3)cc2)C1. The van der Waals surface area contributed by atoms with E-state index in [1.165, 1.54) is 18.4 Å². The van der Waals surface area contributed by atoms with Gasteiger partial charge in [0, 0.05) is 12.5 Å². The van der Waals surface area contributed by atoms with Gasteiger partial charge < -0.3 is 15.4 Å². The van der Waals surface area contributed by atoms with E-state index in [1.807, 2.05) is 0 Å². The minimum absolute atomic E-state index is 0.210. The molecule has 2 fully saturated rings. The van der Waals surface area contributed by atoms with E-state index in [2.05, 4.69) is 41.8 Å². The van der Waals surface area contributed by atoms with Crippen molar-refractivity contribution >= 4 is 5.91 Å². The van der Waals surface area contributed by atoms with Gasteiger partial charge in [0.05, 0.1) is 12.7 Å². The Morgan fingerprint density at radius 1 is 1.12 bits per heavy atom. The van der Waals surface area contributed by atoms with Crippen LogP contribution in [-0.2, 0) is 22.7 Å². The number of rotatable bonds is 6. The third kappa shape index (κ3) is 5.82. The van der Waals surface area contributed by atoms with Crippen molar-refractivity contribution in [3.8, 4) is 0 Å². The Morgan fingerprint density at radius 3 is 2.56 bits per heavy atom. The second-order valence-electron chi connectivity index (χ2n) is 7.76. The van der Waals surface area contributed by atoms with Gasteiger partial charge in [0.25, 0.3) is 0 Å². The Kier molecular flexibility index (Phi) is 6.88. The van der Waals surface area contributed by atoms with Crippen LogP contribution in [0, 0.1) is 11.8 Å². The molecule has 1 amide bonds. The predicted molar refractivity (Wildman–Crippen MR) is 100 cm³/mol. The third-order valence-corrected chi connectivity index (χ3v) is 5.57. The smallest absolute Gasteiger partial charge is 0.223 e. The maximum Gasteiger partial charge on any atom is 0.223 e. The quantitative estimate of drug-likeness (QED) is 0.831. The van der Waals surface area contributed by atoms with Crippen LogP contribution in [0.2, 0.25) is 0 Å². The lowest BCUT2D eigenvalue weighted by Crippen LogP contribution is -2.33. The van der Waals surface area contributed by atoms with Crippen molar-refractivity contribution in [3.63, 3.8) is 0 Å². The van der Waals surface area contributed by atoms with E-state index in [0.29, 0.717) is 25.2 Å². The zero-order valence-corrected chi connectivity index (χ0v) is 15.4. The maximum atomic E-state index is 12.3. The molecule has 0 radical (unpaired) electrons. The molecule has 4 heteroatoms.